The summed E-state index contributed by atoms with van der Waals surface area (Å²) in [6.45, 7) is 6.89. The molecule has 1 amide bonds. The topological polar surface area (TPSA) is 74.6 Å². The summed E-state index contributed by atoms with van der Waals surface area (Å²) in [5, 5.41) is 0. The number of aryl methyl sites for hydroxylation is 1. The number of benzene rings is 1. The molecule has 0 saturated carbocycles. The first-order chi connectivity index (χ1) is 16.2. The fourth-order valence-electron chi connectivity index (χ4n) is 5.02. The number of para-hydroxylation sites is 1. The summed E-state index contributed by atoms with van der Waals surface area (Å²) in [5.41, 5.74) is 2.39. The van der Waals surface area contributed by atoms with E-state index < -0.39 is 0 Å². The van der Waals surface area contributed by atoms with Crippen LogP contribution in [0, 0.1) is 5.92 Å². The molecule has 0 aliphatic carbocycles. The minimum absolute atomic E-state index is 0.108. The van der Waals surface area contributed by atoms with Gasteiger partial charge in [0.15, 0.2) is 11.5 Å². The third-order valence-electron chi connectivity index (χ3n) is 6.78. The summed E-state index contributed by atoms with van der Waals surface area (Å²) in [5.74, 6) is 0.525. The molecule has 4 heterocycles. The molecule has 2 fully saturated rings. The van der Waals surface area contributed by atoms with Gasteiger partial charge in [0, 0.05) is 57.7 Å². The Bertz CT molecular complexity index is 1190. The quantitative estimate of drug-likeness (QED) is 0.613. The average Bonchev–Trinajstić information content (AvgIpc) is 2.88. The Labute approximate surface area is 193 Å². The maximum Gasteiger partial charge on any atom is 0.295 e. The highest BCUT2D eigenvalue weighted by Crippen LogP contribution is 2.24. The molecule has 1 unspecified atom stereocenters. The van der Waals surface area contributed by atoms with E-state index in [0.29, 0.717) is 30.1 Å². The van der Waals surface area contributed by atoms with E-state index >= 15 is 0 Å². The lowest BCUT2D eigenvalue weighted by Crippen LogP contribution is -2.53. The standard InChI is InChI=1S/C25H30N6O2/c1-2-31-22-21(11-6-12-26-22)27-23(25(31)33)30-13-7-8-19(18-30)24(32)29-16-14-28(15-17-29)20-9-4-3-5-10-20/h3-6,9-12,19H,2,7-8,13-18H2,1H3. The van der Waals surface area contributed by atoms with Gasteiger partial charge in [0.05, 0.1) is 5.92 Å². The van der Waals surface area contributed by atoms with Crippen LogP contribution in [-0.4, -0.2) is 64.6 Å². The molecule has 3 aromatic rings. The van der Waals surface area contributed by atoms with Crippen molar-refractivity contribution in [2.75, 3.05) is 49.1 Å². The van der Waals surface area contributed by atoms with E-state index in [0.717, 1.165) is 45.6 Å². The first-order valence-electron chi connectivity index (χ1n) is 11.8. The molecule has 33 heavy (non-hydrogen) atoms. The minimum atomic E-state index is -0.131. The van der Waals surface area contributed by atoms with E-state index in [1.165, 1.54) is 5.69 Å². The fraction of sp³-hybridized carbons (Fsp3) is 0.440. The molecule has 2 saturated heterocycles. The van der Waals surface area contributed by atoms with Crippen molar-refractivity contribution in [2.45, 2.75) is 26.3 Å². The molecule has 8 nitrogen and oxygen atoms in total. The summed E-state index contributed by atoms with van der Waals surface area (Å²) < 4.78 is 1.67. The van der Waals surface area contributed by atoms with Crippen LogP contribution < -0.4 is 15.4 Å². The second-order valence-corrected chi connectivity index (χ2v) is 8.76. The van der Waals surface area contributed by atoms with Gasteiger partial charge in [-0.15, -0.1) is 0 Å². The number of nitrogens with zero attached hydrogens (tertiary/aromatic N) is 6. The monoisotopic (exact) mass is 446 g/mol. The van der Waals surface area contributed by atoms with Crippen molar-refractivity contribution in [1.29, 1.82) is 0 Å². The number of piperazine rings is 1. The van der Waals surface area contributed by atoms with E-state index in [1.807, 2.05) is 47.1 Å². The summed E-state index contributed by atoms with van der Waals surface area (Å²) in [4.78, 5) is 41.9. The lowest BCUT2D eigenvalue weighted by atomic mass is 9.96. The highest BCUT2D eigenvalue weighted by atomic mass is 16.2. The van der Waals surface area contributed by atoms with E-state index in [-0.39, 0.29) is 17.4 Å². The van der Waals surface area contributed by atoms with Crippen LogP contribution in [0.1, 0.15) is 19.8 Å². The van der Waals surface area contributed by atoms with Gasteiger partial charge in [0.1, 0.15) is 5.52 Å². The molecule has 2 aromatic heterocycles. The Hall–Kier alpha value is -3.42. The Morgan fingerprint density at radius 2 is 1.79 bits per heavy atom. The van der Waals surface area contributed by atoms with Crippen LogP contribution in [0.2, 0.25) is 0 Å². The predicted molar refractivity (Wildman–Crippen MR) is 130 cm³/mol. The molecule has 0 spiro atoms. The van der Waals surface area contributed by atoms with Crippen molar-refractivity contribution in [2.24, 2.45) is 5.92 Å². The zero-order chi connectivity index (χ0) is 22.8. The van der Waals surface area contributed by atoms with Crippen molar-refractivity contribution in [3.05, 3.63) is 59.0 Å². The first-order valence-corrected chi connectivity index (χ1v) is 11.8. The number of hydrogen-bond donors (Lipinski definition) is 0. The maximum atomic E-state index is 13.4. The van der Waals surface area contributed by atoms with Gasteiger partial charge in [0.2, 0.25) is 5.91 Å². The van der Waals surface area contributed by atoms with Crippen LogP contribution in [0.25, 0.3) is 11.2 Å². The van der Waals surface area contributed by atoms with Gasteiger partial charge in [0.25, 0.3) is 5.56 Å². The normalized spacial score (nSPS) is 19.2. The number of aromatic nitrogens is 3. The summed E-state index contributed by atoms with van der Waals surface area (Å²) in [7, 11) is 0. The van der Waals surface area contributed by atoms with Crippen molar-refractivity contribution < 1.29 is 4.79 Å². The molecular formula is C25H30N6O2. The van der Waals surface area contributed by atoms with Crippen LogP contribution in [0.3, 0.4) is 0 Å². The maximum absolute atomic E-state index is 13.4. The molecule has 8 heteroatoms. The van der Waals surface area contributed by atoms with Gasteiger partial charge in [-0.1, -0.05) is 18.2 Å². The molecule has 1 atom stereocenters. The largest absolute Gasteiger partial charge is 0.368 e. The third kappa shape index (κ3) is 4.17. The minimum Gasteiger partial charge on any atom is -0.368 e. The van der Waals surface area contributed by atoms with Crippen molar-refractivity contribution in [3.63, 3.8) is 0 Å². The Balaban J connectivity index is 1.30. The number of amides is 1. The number of carbonyl (C=O) groups excluding carboxylic acids is 1. The number of anilines is 2. The summed E-state index contributed by atoms with van der Waals surface area (Å²) in [6.07, 6.45) is 3.41. The number of fused-ring (bicyclic) bond motifs is 1. The van der Waals surface area contributed by atoms with Gasteiger partial charge in [-0.05, 0) is 44.0 Å². The van der Waals surface area contributed by atoms with Crippen molar-refractivity contribution in [1.82, 2.24) is 19.4 Å². The van der Waals surface area contributed by atoms with E-state index in [1.54, 1.807) is 10.8 Å². The highest BCUT2D eigenvalue weighted by Gasteiger charge is 2.32. The van der Waals surface area contributed by atoms with Crippen molar-refractivity contribution in [3.8, 4) is 0 Å². The van der Waals surface area contributed by atoms with Crippen LogP contribution in [0.15, 0.2) is 53.5 Å². The second-order valence-electron chi connectivity index (χ2n) is 8.76. The predicted octanol–water partition coefficient (Wildman–Crippen LogP) is 2.38. The van der Waals surface area contributed by atoms with E-state index in [2.05, 4.69) is 27.0 Å². The average molecular weight is 447 g/mol. The zero-order valence-corrected chi connectivity index (χ0v) is 19.1. The van der Waals surface area contributed by atoms with Crippen molar-refractivity contribution >= 4 is 28.6 Å². The van der Waals surface area contributed by atoms with Crippen LogP contribution in [-0.2, 0) is 11.3 Å². The first kappa shape index (κ1) is 21.4. The molecule has 172 valence electrons. The molecule has 0 N–H and O–H groups in total. The number of hydrogen-bond acceptors (Lipinski definition) is 6. The Kier molecular flexibility index (Phi) is 5.98. The Morgan fingerprint density at radius 1 is 1.00 bits per heavy atom. The molecule has 5 rings (SSSR count). The molecule has 2 aliphatic rings. The van der Waals surface area contributed by atoms with Crippen LogP contribution in [0.4, 0.5) is 11.5 Å². The Morgan fingerprint density at radius 3 is 2.55 bits per heavy atom. The third-order valence-corrected chi connectivity index (χ3v) is 6.78. The van der Waals surface area contributed by atoms with E-state index in [9.17, 15) is 9.59 Å². The molecule has 0 radical (unpaired) electrons. The van der Waals surface area contributed by atoms with Crippen LogP contribution >= 0.6 is 0 Å². The van der Waals surface area contributed by atoms with Gasteiger partial charge in [-0.3, -0.25) is 14.2 Å². The number of pyridine rings is 1. The van der Waals surface area contributed by atoms with E-state index in [4.69, 9.17) is 0 Å². The number of piperidine rings is 1. The zero-order valence-electron chi connectivity index (χ0n) is 19.1. The smallest absolute Gasteiger partial charge is 0.295 e. The molecule has 1 aromatic carbocycles. The van der Waals surface area contributed by atoms with Gasteiger partial charge in [-0.2, -0.15) is 0 Å². The SMILES string of the molecule is CCn1c(=O)c(N2CCCC(C(=O)N3CCN(c4ccccc4)CC3)C2)nc2cccnc21. The fourth-order valence-corrected chi connectivity index (χ4v) is 5.02. The number of carbonyl (C=O) groups is 1. The van der Waals surface area contributed by atoms with Gasteiger partial charge < -0.3 is 14.7 Å². The van der Waals surface area contributed by atoms with Crippen LogP contribution in [0.5, 0.6) is 0 Å². The number of rotatable bonds is 4. The van der Waals surface area contributed by atoms with Gasteiger partial charge >= 0.3 is 0 Å². The van der Waals surface area contributed by atoms with Gasteiger partial charge in [-0.25, -0.2) is 9.97 Å². The lowest BCUT2D eigenvalue weighted by Gasteiger charge is -2.40. The molecular weight excluding hydrogens is 416 g/mol. The molecule has 0 bridgehead atoms. The summed E-state index contributed by atoms with van der Waals surface area (Å²) in [6, 6.07) is 14.1. The second kappa shape index (κ2) is 9.21. The lowest BCUT2D eigenvalue weighted by molar-refractivity contribution is -0.136. The highest BCUT2D eigenvalue weighted by molar-refractivity contribution is 5.80. The molecule has 2 aliphatic heterocycles. The summed E-state index contributed by atoms with van der Waals surface area (Å²) >= 11 is 0.